The Balaban J connectivity index is 2.28. The highest BCUT2D eigenvalue weighted by Crippen LogP contribution is 2.35. The van der Waals surface area contributed by atoms with E-state index in [-0.39, 0.29) is 5.41 Å². The number of ether oxygens (including phenoxy) is 1. The maximum absolute atomic E-state index is 5.17. The van der Waals surface area contributed by atoms with Crippen molar-refractivity contribution in [1.82, 2.24) is 0 Å². The molecule has 0 aromatic heterocycles. The summed E-state index contributed by atoms with van der Waals surface area (Å²) in [6.07, 6.45) is 8.41. The van der Waals surface area contributed by atoms with Gasteiger partial charge in [0.25, 0.3) is 0 Å². The molecule has 1 heteroatoms. The van der Waals surface area contributed by atoms with Crippen molar-refractivity contribution in [2.45, 2.75) is 31.6 Å². The van der Waals surface area contributed by atoms with Gasteiger partial charge in [-0.1, -0.05) is 31.2 Å². The van der Waals surface area contributed by atoms with Crippen LogP contribution in [0.25, 0.3) is 0 Å². The van der Waals surface area contributed by atoms with Crippen molar-refractivity contribution in [3.05, 3.63) is 42.0 Å². The van der Waals surface area contributed by atoms with Gasteiger partial charge in [-0.05, 0) is 37.0 Å². The summed E-state index contributed by atoms with van der Waals surface area (Å²) in [5, 5.41) is 0. The number of rotatable bonds is 2. The van der Waals surface area contributed by atoms with Crippen LogP contribution in [0.15, 0.2) is 36.4 Å². The first kappa shape index (κ1) is 10.3. The molecule has 0 radical (unpaired) electrons. The molecule has 1 unspecified atom stereocenters. The van der Waals surface area contributed by atoms with Crippen LogP contribution in [0.4, 0.5) is 0 Å². The fourth-order valence-corrected chi connectivity index (χ4v) is 2.23. The van der Waals surface area contributed by atoms with Gasteiger partial charge in [0.2, 0.25) is 0 Å². The Morgan fingerprint density at radius 1 is 1.20 bits per heavy atom. The van der Waals surface area contributed by atoms with E-state index in [4.69, 9.17) is 4.74 Å². The quantitative estimate of drug-likeness (QED) is 0.664. The normalized spacial score (nSPS) is 25.2. The van der Waals surface area contributed by atoms with Crippen molar-refractivity contribution in [2.75, 3.05) is 7.11 Å². The molecule has 0 spiro atoms. The minimum absolute atomic E-state index is 0.227. The first-order valence-corrected chi connectivity index (χ1v) is 5.57. The third-order valence-electron chi connectivity index (χ3n) is 3.30. The van der Waals surface area contributed by atoms with Crippen molar-refractivity contribution < 1.29 is 4.74 Å². The molecule has 1 nitrogen and oxygen atoms in total. The van der Waals surface area contributed by atoms with Gasteiger partial charge in [0.05, 0.1) is 7.11 Å². The van der Waals surface area contributed by atoms with E-state index in [0.717, 1.165) is 5.75 Å². The van der Waals surface area contributed by atoms with Crippen LogP contribution in [0.1, 0.15) is 31.7 Å². The Morgan fingerprint density at radius 2 is 1.93 bits per heavy atom. The van der Waals surface area contributed by atoms with E-state index in [1.807, 2.05) is 12.1 Å². The average molecular weight is 202 g/mol. The molecule has 0 bridgehead atoms. The van der Waals surface area contributed by atoms with Gasteiger partial charge in [-0.15, -0.1) is 0 Å². The van der Waals surface area contributed by atoms with E-state index in [2.05, 4.69) is 31.2 Å². The maximum Gasteiger partial charge on any atom is 0.118 e. The molecular weight excluding hydrogens is 184 g/mol. The molecule has 0 saturated carbocycles. The maximum atomic E-state index is 5.17. The number of benzene rings is 1. The zero-order valence-electron chi connectivity index (χ0n) is 9.49. The van der Waals surface area contributed by atoms with E-state index in [9.17, 15) is 0 Å². The summed E-state index contributed by atoms with van der Waals surface area (Å²) < 4.78 is 5.17. The van der Waals surface area contributed by atoms with Gasteiger partial charge in [0.15, 0.2) is 0 Å². The summed E-state index contributed by atoms with van der Waals surface area (Å²) in [6, 6.07) is 8.44. The average Bonchev–Trinajstić information content (AvgIpc) is 2.30. The van der Waals surface area contributed by atoms with Gasteiger partial charge in [-0.3, -0.25) is 0 Å². The van der Waals surface area contributed by atoms with Gasteiger partial charge < -0.3 is 4.74 Å². The zero-order valence-corrected chi connectivity index (χ0v) is 9.49. The Bertz CT molecular complexity index is 350. The minimum Gasteiger partial charge on any atom is -0.497 e. The molecule has 80 valence electrons. The van der Waals surface area contributed by atoms with E-state index in [1.165, 1.54) is 24.8 Å². The second kappa shape index (κ2) is 4.09. The van der Waals surface area contributed by atoms with Crippen LogP contribution in [0.2, 0.25) is 0 Å². The summed E-state index contributed by atoms with van der Waals surface area (Å²) in [6.45, 7) is 2.31. The second-order valence-electron chi connectivity index (χ2n) is 4.44. The number of methoxy groups -OCH3 is 1. The number of hydrogen-bond donors (Lipinski definition) is 0. The fourth-order valence-electron chi connectivity index (χ4n) is 2.23. The molecule has 1 aliphatic carbocycles. The molecular formula is C14H18O. The van der Waals surface area contributed by atoms with Crippen LogP contribution in [-0.4, -0.2) is 7.11 Å². The summed E-state index contributed by atoms with van der Waals surface area (Å²) in [5.41, 5.74) is 1.61. The molecule has 15 heavy (non-hydrogen) atoms. The predicted octanol–water partition coefficient (Wildman–Crippen LogP) is 3.69. The van der Waals surface area contributed by atoms with Crippen LogP contribution in [0.5, 0.6) is 5.75 Å². The summed E-state index contributed by atoms with van der Waals surface area (Å²) in [5.74, 6) is 0.933. The van der Waals surface area contributed by atoms with Crippen molar-refractivity contribution in [1.29, 1.82) is 0 Å². The molecule has 2 rings (SSSR count). The van der Waals surface area contributed by atoms with Crippen molar-refractivity contribution in [2.24, 2.45) is 0 Å². The van der Waals surface area contributed by atoms with Gasteiger partial charge in [-0.25, -0.2) is 0 Å². The predicted molar refractivity (Wildman–Crippen MR) is 63.3 cm³/mol. The fraction of sp³-hybridized carbons (Fsp3) is 0.429. The van der Waals surface area contributed by atoms with Crippen molar-refractivity contribution in [3.8, 4) is 5.75 Å². The monoisotopic (exact) mass is 202 g/mol. The largest absolute Gasteiger partial charge is 0.497 e. The molecule has 1 aromatic rings. The lowest BCUT2D eigenvalue weighted by atomic mass is 9.75. The van der Waals surface area contributed by atoms with Crippen LogP contribution in [0, 0.1) is 0 Å². The zero-order chi connectivity index (χ0) is 10.7. The highest BCUT2D eigenvalue weighted by Gasteiger charge is 2.24. The molecule has 0 N–H and O–H groups in total. The molecule has 0 heterocycles. The molecule has 0 saturated heterocycles. The van der Waals surface area contributed by atoms with Crippen LogP contribution < -0.4 is 4.74 Å². The first-order chi connectivity index (χ1) is 7.24. The Labute approximate surface area is 91.8 Å². The minimum atomic E-state index is 0.227. The molecule has 1 aliphatic rings. The van der Waals surface area contributed by atoms with Gasteiger partial charge >= 0.3 is 0 Å². The lowest BCUT2D eigenvalue weighted by Crippen LogP contribution is -2.20. The van der Waals surface area contributed by atoms with Gasteiger partial charge in [0.1, 0.15) is 5.75 Å². The van der Waals surface area contributed by atoms with E-state index < -0.39 is 0 Å². The molecule has 0 aliphatic heterocycles. The van der Waals surface area contributed by atoms with E-state index in [1.54, 1.807) is 7.11 Å². The summed E-state index contributed by atoms with van der Waals surface area (Å²) in [4.78, 5) is 0. The van der Waals surface area contributed by atoms with Gasteiger partial charge in [-0.2, -0.15) is 0 Å². The van der Waals surface area contributed by atoms with Crippen LogP contribution in [-0.2, 0) is 5.41 Å². The van der Waals surface area contributed by atoms with E-state index >= 15 is 0 Å². The molecule has 0 amide bonds. The Morgan fingerprint density at radius 3 is 2.47 bits per heavy atom. The van der Waals surface area contributed by atoms with Gasteiger partial charge in [0, 0.05) is 5.41 Å². The van der Waals surface area contributed by atoms with E-state index in [0.29, 0.717) is 0 Å². The lowest BCUT2D eigenvalue weighted by molar-refractivity contribution is 0.414. The molecule has 0 fully saturated rings. The second-order valence-corrected chi connectivity index (χ2v) is 4.44. The van der Waals surface area contributed by atoms with Crippen LogP contribution >= 0.6 is 0 Å². The van der Waals surface area contributed by atoms with Crippen molar-refractivity contribution in [3.63, 3.8) is 0 Å². The topological polar surface area (TPSA) is 9.23 Å². The summed E-state index contributed by atoms with van der Waals surface area (Å²) >= 11 is 0. The third kappa shape index (κ3) is 2.06. The highest BCUT2D eigenvalue weighted by molar-refractivity contribution is 5.35. The lowest BCUT2D eigenvalue weighted by Gasteiger charge is -2.29. The standard InChI is InChI=1S/C14H18O/c1-14(10-4-3-5-11-14)12-6-8-13(15-2)9-7-12/h4,6-10H,3,5,11H2,1-2H3. The number of hydrogen-bond acceptors (Lipinski definition) is 1. The first-order valence-electron chi connectivity index (χ1n) is 5.57. The molecule has 1 atom stereocenters. The summed E-state index contributed by atoms with van der Waals surface area (Å²) in [7, 11) is 1.71. The SMILES string of the molecule is COc1ccc(C2(C)C=CCCC2)cc1. The third-order valence-corrected chi connectivity index (χ3v) is 3.30. The smallest absolute Gasteiger partial charge is 0.118 e. The van der Waals surface area contributed by atoms with Crippen LogP contribution in [0.3, 0.4) is 0 Å². The Kier molecular flexibility index (Phi) is 2.81. The van der Waals surface area contributed by atoms with Crippen molar-refractivity contribution >= 4 is 0 Å². The number of allylic oxidation sites excluding steroid dienone is 2. The molecule has 1 aromatic carbocycles. The highest BCUT2D eigenvalue weighted by atomic mass is 16.5. The Hall–Kier alpha value is -1.24.